The Bertz CT molecular complexity index is 559. The summed E-state index contributed by atoms with van der Waals surface area (Å²) < 4.78 is 0. The van der Waals surface area contributed by atoms with E-state index in [1.165, 1.54) is 18.2 Å². The van der Waals surface area contributed by atoms with Crippen molar-refractivity contribution in [3.05, 3.63) is 45.4 Å². The Morgan fingerprint density at radius 3 is 2.06 bits per heavy atom. The molecule has 17 heavy (non-hydrogen) atoms. The largest absolute Gasteiger partial charge is 0.506 e. The van der Waals surface area contributed by atoms with Gasteiger partial charge in [0, 0.05) is 5.56 Å². The summed E-state index contributed by atoms with van der Waals surface area (Å²) in [5, 5.41) is 19.4. The predicted molar refractivity (Wildman–Crippen MR) is 70.2 cm³/mol. The lowest BCUT2D eigenvalue weighted by Crippen LogP contribution is -1.82. The minimum atomic E-state index is -0.173. The monoisotopic (exact) mass is 288 g/mol. The third-order valence-corrected chi connectivity index (χ3v) is 3.28. The molecule has 2 N–H and O–H groups in total. The maximum Gasteiger partial charge on any atom is 0.152 e. The van der Waals surface area contributed by atoms with Crippen LogP contribution in [0.1, 0.15) is 0 Å². The first-order chi connectivity index (χ1) is 8.00. The molecule has 0 aromatic heterocycles. The maximum atomic E-state index is 9.51. The van der Waals surface area contributed by atoms with Gasteiger partial charge < -0.3 is 10.2 Å². The highest BCUT2D eigenvalue weighted by molar-refractivity contribution is 6.38. The van der Waals surface area contributed by atoms with E-state index >= 15 is 0 Å². The Morgan fingerprint density at radius 1 is 0.882 bits per heavy atom. The average molecular weight is 290 g/mol. The third kappa shape index (κ3) is 2.29. The fourth-order valence-electron chi connectivity index (χ4n) is 1.46. The van der Waals surface area contributed by atoms with E-state index in [0.717, 1.165) is 0 Å². The van der Waals surface area contributed by atoms with Gasteiger partial charge in [0.05, 0.1) is 15.1 Å². The van der Waals surface area contributed by atoms with Crippen molar-refractivity contribution in [2.24, 2.45) is 0 Å². The Hall–Kier alpha value is -1.09. The standard InChI is InChI=1S/C12H7Cl3O2/c13-8-4-6(5-9(14)12(8)17)7-2-1-3-10(16)11(7)15/h1-5,16-17H. The summed E-state index contributed by atoms with van der Waals surface area (Å²) in [7, 11) is 0. The first-order valence-corrected chi connectivity index (χ1v) is 5.80. The average Bonchev–Trinajstić information content (AvgIpc) is 2.29. The van der Waals surface area contributed by atoms with E-state index in [2.05, 4.69) is 0 Å². The number of hydrogen-bond acceptors (Lipinski definition) is 2. The molecule has 0 aliphatic heterocycles. The van der Waals surface area contributed by atoms with E-state index in [0.29, 0.717) is 11.1 Å². The van der Waals surface area contributed by atoms with Crippen LogP contribution in [0.4, 0.5) is 0 Å². The first kappa shape index (κ1) is 12.4. The smallest absolute Gasteiger partial charge is 0.152 e. The number of aromatic hydroxyl groups is 2. The summed E-state index contributed by atoms with van der Waals surface area (Å²) in [5.41, 5.74) is 1.22. The van der Waals surface area contributed by atoms with Crippen LogP contribution in [0.2, 0.25) is 15.1 Å². The van der Waals surface area contributed by atoms with E-state index in [1.807, 2.05) is 0 Å². The number of phenolic OH excluding ortho intramolecular Hbond substituents is 2. The van der Waals surface area contributed by atoms with Crippen LogP contribution in [0.5, 0.6) is 11.5 Å². The highest BCUT2D eigenvalue weighted by Gasteiger charge is 2.12. The zero-order valence-corrected chi connectivity index (χ0v) is 10.7. The van der Waals surface area contributed by atoms with Gasteiger partial charge in [-0.1, -0.05) is 46.9 Å². The number of hydrogen-bond donors (Lipinski definition) is 2. The zero-order valence-electron chi connectivity index (χ0n) is 8.42. The molecule has 5 heteroatoms. The molecule has 0 amide bonds. The van der Waals surface area contributed by atoms with Gasteiger partial charge in [0.2, 0.25) is 0 Å². The lowest BCUT2D eigenvalue weighted by Gasteiger charge is -2.08. The maximum absolute atomic E-state index is 9.51. The molecule has 2 rings (SSSR count). The van der Waals surface area contributed by atoms with E-state index in [9.17, 15) is 10.2 Å². The van der Waals surface area contributed by atoms with Gasteiger partial charge in [-0.2, -0.15) is 0 Å². The minimum absolute atomic E-state index is 0.0236. The Morgan fingerprint density at radius 2 is 1.47 bits per heavy atom. The SMILES string of the molecule is Oc1cccc(-c2cc(Cl)c(O)c(Cl)c2)c1Cl. The molecule has 2 aromatic rings. The molecule has 0 atom stereocenters. The van der Waals surface area contributed by atoms with Crippen molar-refractivity contribution >= 4 is 34.8 Å². The predicted octanol–water partition coefficient (Wildman–Crippen LogP) is 4.73. The van der Waals surface area contributed by atoms with E-state index in [1.54, 1.807) is 12.1 Å². The van der Waals surface area contributed by atoms with Crippen LogP contribution in [-0.2, 0) is 0 Å². The lowest BCUT2D eigenvalue weighted by atomic mass is 10.1. The second-order valence-electron chi connectivity index (χ2n) is 3.43. The molecule has 0 unspecified atom stereocenters. The van der Waals surface area contributed by atoms with Gasteiger partial charge in [-0.15, -0.1) is 0 Å². The Balaban J connectivity index is 2.65. The summed E-state index contributed by atoms with van der Waals surface area (Å²) in [6.45, 7) is 0. The molecule has 0 saturated carbocycles. The van der Waals surface area contributed by atoms with E-state index in [4.69, 9.17) is 34.8 Å². The van der Waals surface area contributed by atoms with Crippen molar-refractivity contribution in [1.29, 1.82) is 0 Å². The van der Waals surface area contributed by atoms with Crippen LogP contribution in [0.15, 0.2) is 30.3 Å². The molecule has 0 radical (unpaired) electrons. The topological polar surface area (TPSA) is 40.5 Å². The molecule has 0 heterocycles. The first-order valence-electron chi connectivity index (χ1n) is 4.66. The molecule has 0 fully saturated rings. The minimum Gasteiger partial charge on any atom is -0.506 e. The van der Waals surface area contributed by atoms with Crippen LogP contribution in [0.25, 0.3) is 11.1 Å². The molecular weight excluding hydrogens is 282 g/mol. The quantitative estimate of drug-likeness (QED) is 0.797. The Kier molecular flexibility index (Phi) is 3.38. The van der Waals surface area contributed by atoms with Crippen molar-refractivity contribution in [2.75, 3.05) is 0 Å². The fraction of sp³-hybridized carbons (Fsp3) is 0. The highest BCUT2D eigenvalue weighted by atomic mass is 35.5. The normalized spacial score (nSPS) is 10.5. The van der Waals surface area contributed by atoms with Crippen molar-refractivity contribution in [1.82, 2.24) is 0 Å². The molecule has 0 saturated heterocycles. The summed E-state index contributed by atoms with van der Waals surface area (Å²) in [4.78, 5) is 0. The summed E-state index contributed by atoms with van der Waals surface area (Å²) in [6.07, 6.45) is 0. The number of phenols is 2. The molecular formula is C12H7Cl3O2. The number of benzene rings is 2. The fourth-order valence-corrected chi connectivity index (χ4v) is 2.19. The lowest BCUT2D eigenvalue weighted by molar-refractivity contribution is 0.476. The van der Waals surface area contributed by atoms with Gasteiger partial charge in [0.25, 0.3) is 0 Å². The molecule has 0 aliphatic carbocycles. The molecule has 0 spiro atoms. The Labute approximate surface area is 113 Å². The van der Waals surface area contributed by atoms with Gasteiger partial charge in [0.15, 0.2) is 5.75 Å². The van der Waals surface area contributed by atoms with Crippen molar-refractivity contribution < 1.29 is 10.2 Å². The van der Waals surface area contributed by atoms with Crippen LogP contribution >= 0.6 is 34.8 Å². The second kappa shape index (κ2) is 4.65. The summed E-state index contributed by atoms with van der Waals surface area (Å²) >= 11 is 17.6. The van der Waals surface area contributed by atoms with Gasteiger partial charge >= 0.3 is 0 Å². The molecule has 88 valence electrons. The summed E-state index contributed by atoms with van der Waals surface area (Å²) in [5.74, 6) is -0.196. The van der Waals surface area contributed by atoms with Gasteiger partial charge in [-0.3, -0.25) is 0 Å². The third-order valence-electron chi connectivity index (χ3n) is 2.31. The van der Waals surface area contributed by atoms with Gasteiger partial charge in [-0.25, -0.2) is 0 Å². The van der Waals surface area contributed by atoms with Crippen molar-refractivity contribution in [2.45, 2.75) is 0 Å². The zero-order chi connectivity index (χ0) is 12.6. The van der Waals surface area contributed by atoms with E-state index < -0.39 is 0 Å². The molecule has 2 nitrogen and oxygen atoms in total. The second-order valence-corrected chi connectivity index (χ2v) is 4.62. The highest BCUT2D eigenvalue weighted by Crippen LogP contribution is 2.40. The van der Waals surface area contributed by atoms with Crippen LogP contribution in [-0.4, -0.2) is 10.2 Å². The van der Waals surface area contributed by atoms with Crippen molar-refractivity contribution in [3.63, 3.8) is 0 Å². The summed E-state index contributed by atoms with van der Waals surface area (Å²) in [6, 6.07) is 7.93. The van der Waals surface area contributed by atoms with Gasteiger partial charge in [-0.05, 0) is 23.8 Å². The van der Waals surface area contributed by atoms with Crippen LogP contribution < -0.4 is 0 Å². The molecule has 0 bridgehead atoms. The van der Waals surface area contributed by atoms with E-state index in [-0.39, 0.29) is 26.6 Å². The number of rotatable bonds is 1. The number of halogens is 3. The molecule has 2 aromatic carbocycles. The van der Waals surface area contributed by atoms with Gasteiger partial charge in [0.1, 0.15) is 5.75 Å². The van der Waals surface area contributed by atoms with Crippen molar-refractivity contribution in [3.8, 4) is 22.6 Å². The van der Waals surface area contributed by atoms with Crippen LogP contribution in [0.3, 0.4) is 0 Å². The van der Waals surface area contributed by atoms with Crippen LogP contribution in [0, 0.1) is 0 Å². The molecule has 0 aliphatic rings.